The second-order valence-corrected chi connectivity index (χ2v) is 4.72. The van der Waals surface area contributed by atoms with Gasteiger partial charge in [0.2, 0.25) is 0 Å². The quantitative estimate of drug-likeness (QED) is 0.794. The van der Waals surface area contributed by atoms with E-state index in [0.29, 0.717) is 6.42 Å². The van der Waals surface area contributed by atoms with E-state index in [9.17, 15) is 26.3 Å². The first-order valence-electron chi connectivity index (χ1n) is 5.63. The monoisotopic (exact) mass is 278 g/mol. The van der Waals surface area contributed by atoms with Crippen molar-refractivity contribution in [3.63, 3.8) is 0 Å². The Balaban J connectivity index is 2.26. The summed E-state index contributed by atoms with van der Waals surface area (Å²) in [6.07, 6.45) is -8.26. The number of halogens is 6. The molecular formula is C10H16F6N2. The molecule has 0 amide bonds. The molecular weight excluding hydrogens is 262 g/mol. The van der Waals surface area contributed by atoms with Crippen LogP contribution in [-0.2, 0) is 0 Å². The molecule has 1 aliphatic rings. The largest absolute Gasteiger partial charge is 0.401 e. The molecule has 2 atom stereocenters. The Labute approximate surface area is 101 Å². The first-order valence-corrected chi connectivity index (χ1v) is 5.63. The van der Waals surface area contributed by atoms with E-state index in [1.165, 1.54) is 7.05 Å². The van der Waals surface area contributed by atoms with Crippen LogP contribution in [0, 0.1) is 5.92 Å². The van der Waals surface area contributed by atoms with Gasteiger partial charge in [-0.15, -0.1) is 0 Å². The molecule has 0 aromatic heterocycles. The van der Waals surface area contributed by atoms with Crippen LogP contribution in [0.15, 0.2) is 0 Å². The zero-order valence-corrected chi connectivity index (χ0v) is 9.91. The van der Waals surface area contributed by atoms with Gasteiger partial charge in [0.25, 0.3) is 0 Å². The highest BCUT2D eigenvalue weighted by molar-refractivity contribution is 4.85. The summed E-state index contributed by atoms with van der Waals surface area (Å²) >= 11 is 0. The van der Waals surface area contributed by atoms with Gasteiger partial charge in [-0.1, -0.05) is 0 Å². The van der Waals surface area contributed by atoms with Crippen molar-refractivity contribution >= 4 is 0 Å². The van der Waals surface area contributed by atoms with Crippen molar-refractivity contribution < 1.29 is 26.3 Å². The van der Waals surface area contributed by atoms with Gasteiger partial charge in [-0.3, -0.25) is 4.90 Å². The lowest BCUT2D eigenvalue weighted by molar-refractivity contribution is -0.169. The summed E-state index contributed by atoms with van der Waals surface area (Å²) < 4.78 is 73.1. The topological polar surface area (TPSA) is 15.3 Å². The molecule has 0 radical (unpaired) electrons. The van der Waals surface area contributed by atoms with Gasteiger partial charge in [-0.05, 0) is 26.4 Å². The van der Waals surface area contributed by atoms with Crippen LogP contribution in [-0.4, -0.2) is 50.0 Å². The second-order valence-electron chi connectivity index (χ2n) is 4.72. The third-order valence-corrected chi connectivity index (χ3v) is 2.99. The maximum Gasteiger partial charge on any atom is 0.401 e. The Bertz CT molecular complexity index is 262. The first kappa shape index (κ1) is 15.6. The molecule has 0 saturated carbocycles. The molecule has 8 heteroatoms. The van der Waals surface area contributed by atoms with Gasteiger partial charge < -0.3 is 5.32 Å². The Hall–Kier alpha value is -0.500. The van der Waals surface area contributed by atoms with E-state index in [4.69, 9.17) is 0 Å². The SMILES string of the molecule is CN(CCC1CC(C(F)(F)F)CN1)CC(F)(F)F. The van der Waals surface area contributed by atoms with Gasteiger partial charge in [0.15, 0.2) is 0 Å². The van der Waals surface area contributed by atoms with Gasteiger partial charge in [0.1, 0.15) is 0 Å². The molecule has 0 spiro atoms. The first-order chi connectivity index (χ1) is 8.08. The minimum absolute atomic E-state index is 0.0522. The number of hydrogen-bond donors (Lipinski definition) is 1. The maximum atomic E-state index is 12.4. The van der Waals surface area contributed by atoms with Crippen LogP contribution in [0.4, 0.5) is 26.3 Å². The van der Waals surface area contributed by atoms with E-state index in [1.54, 1.807) is 0 Å². The third kappa shape index (κ3) is 5.43. The van der Waals surface area contributed by atoms with Gasteiger partial charge in [-0.25, -0.2) is 0 Å². The predicted molar refractivity (Wildman–Crippen MR) is 54.1 cm³/mol. The molecule has 1 N–H and O–H groups in total. The van der Waals surface area contributed by atoms with E-state index < -0.39 is 24.8 Å². The van der Waals surface area contributed by atoms with Crippen molar-refractivity contribution in [3.8, 4) is 0 Å². The lowest BCUT2D eigenvalue weighted by atomic mass is 10.0. The average Bonchev–Trinajstić information content (AvgIpc) is 2.59. The van der Waals surface area contributed by atoms with Crippen LogP contribution in [0.5, 0.6) is 0 Å². The van der Waals surface area contributed by atoms with Crippen LogP contribution in [0.2, 0.25) is 0 Å². The minimum Gasteiger partial charge on any atom is -0.313 e. The number of hydrogen-bond acceptors (Lipinski definition) is 2. The summed E-state index contributed by atoms with van der Waals surface area (Å²) in [4.78, 5) is 1.07. The number of rotatable bonds is 4. The zero-order valence-electron chi connectivity index (χ0n) is 9.91. The second kappa shape index (κ2) is 5.64. The molecule has 1 heterocycles. The molecule has 108 valence electrons. The zero-order chi connectivity index (χ0) is 14.0. The van der Waals surface area contributed by atoms with Crippen molar-refractivity contribution in [2.45, 2.75) is 31.2 Å². The molecule has 2 nitrogen and oxygen atoms in total. The van der Waals surface area contributed by atoms with E-state index in [-0.39, 0.29) is 25.6 Å². The Morgan fingerprint density at radius 2 is 1.78 bits per heavy atom. The summed E-state index contributed by atoms with van der Waals surface area (Å²) in [6, 6.07) is -0.354. The fraction of sp³-hybridized carbons (Fsp3) is 1.00. The number of nitrogens with zero attached hydrogens (tertiary/aromatic N) is 1. The number of alkyl halides is 6. The van der Waals surface area contributed by atoms with E-state index in [0.717, 1.165) is 4.90 Å². The van der Waals surface area contributed by atoms with Crippen LogP contribution in [0.1, 0.15) is 12.8 Å². The van der Waals surface area contributed by atoms with Crippen LogP contribution in [0.25, 0.3) is 0 Å². The lowest BCUT2D eigenvalue weighted by Gasteiger charge is -2.20. The van der Waals surface area contributed by atoms with Crippen LogP contribution >= 0.6 is 0 Å². The predicted octanol–water partition coefficient (Wildman–Crippen LogP) is 2.41. The van der Waals surface area contributed by atoms with Gasteiger partial charge >= 0.3 is 12.4 Å². The van der Waals surface area contributed by atoms with E-state index >= 15 is 0 Å². The molecule has 0 aromatic carbocycles. The third-order valence-electron chi connectivity index (χ3n) is 2.99. The molecule has 0 aromatic rings. The molecule has 1 rings (SSSR count). The van der Waals surface area contributed by atoms with Crippen LogP contribution < -0.4 is 5.32 Å². The highest BCUT2D eigenvalue weighted by Crippen LogP contribution is 2.33. The van der Waals surface area contributed by atoms with Gasteiger partial charge in [0, 0.05) is 12.6 Å². The highest BCUT2D eigenvalue weighted by Gasteiger charge is 2.43. The van der Waals surface area contributed by atoms with E-state index in [1.807, 2.05) is 0 Å². The fourth-order valence-electron chi connectivity index (χ4n) is 2.05. The Kier molecular flexibility index (Phi) is 4.88. The summed E-state index contributed by atoms with van der Waals surface area (Å²) in [7, 11) is 1.31. The highest BCUT2D eigenvalue weighted by atomic mass is 19.4. The summed E-state index contributed by atoms with van der Waals surface area (Å²) in [5.74, 6) is -1.38. The van der Waals surface area contributed by atoms with Gasteiger partial charge in [-0.2, -0.15) is 26.3 Å². The van der Waals surface area contributed by atoms with E-state index in [2.05, 4.69) is 5.32 Å². The maximum absolute atomic E-state index is 12.4. The smallest absolute Gasteiger partial charge is 0.313 e. The molecule has 0 aliphatic carbocycles. The fourth-order valence-corrected chi connectivity index (χ4v) is 2.05. The molecule has 1 aliphatic heterocycles. The number of nitrogens with one attached hydrogen (secondary N) is 1. The molecule has 1 saturated heterocycles. The van der Waals surface area contributed by atoms with Crippen molar-refractivity contribution in [1.29, 1.82) is 0 Å². The molecule has 2 unspecified atom stereocenters. The van der Waals surface area contributed by atoms with Gasteiger partial charge in [0.05, 0.1) is 12.5 Å². The summed E-state index contributed by atoms with van der Waals surface area (Å²) in [5.41, 5.74) is 0. The average molecular weight is 278 g/mol. The summed E-state index contributed by atoms with van der Waals surface area (Å²) in [6.45, 7) is -1.05. The Morgan fingerprint density at radius 1 is 1.17 bits per heavy atom. The van der Waals surface area contributed by atoms with Crippen molar-refractivity contribution in [2.24, 2.45) is 5.92 Å². The summed E-state index contributed by atoms with van der Waals surface area (Å²) in [5, 5.41) is 2.70. The standard InChI is InChI=1S/C10H16F6N2/c1-18(6-9(11,12)13)3-2-8-4-7(5-17-8)10(14,15)16/h7-8,17H,2-6H2,1H3. The van der Waals surface area contributed by atoms with Crippen LogP contribution in [0.3, 0.4) is 0 Å². The van der Waals surface area contributed by atoms with Crippen molar-refractivity contribution in [3.05, 3.63) is 0 Å². The molecule has 0 bridgehead atoms. The van der Waals surface area contributed by atoms with Crippen molar-refractivity contribution in [2.75, 3.05) is 26.7 Å². The van der Waals surface area contributed by atoms with Crippen molar-refractivity contribution in [1.82, 2.24) is 10.2 Å². The molecule has 18 heavy (non-hydrogen) atoms. The molecule has 1 fully saturated rings. The minimum atomic E-state index is -4.27. The lowest BCUT2D eigenvalue weighted by Crippen LogP contribution is -2.34. The normalized spacial score (nSPS) is 26.0. The Morgan fingerprint density at radius 3 is 2.22 bits per heavy atom.